The Hall–Kier alpha value is -1.01. The molecule has 3 N–H and O–H groups in total. The average molecular weight is 226 g/mol. The third-order valence-electron chi connectivity index (χ3n) is 2.86. The van der Waals surface area contributed by atoms with Crippen LogP contribution >= 0.6 is 11.5 Å². The molecule has 0 spiro atoms. The zero-order valence-electron chi connectivity index (χ0n) is 8.35. The van der Waals surface area contributed by atoms with Gasteiger partial charge in [0.2, 0.25) is 0 Å². The minimum Gasteiger partial charge on any atom is -0.348 e. The Morgan fingerprint density at radius 3 is 3.20 bits per heavy atom. The first-order chi connectivity index (χ1) is 7.31. The molecule has 1 heterocycles. The second kappa shape index (κ2) is 4.67. The van der Waals surface area contributed by atoms with Crippen LogP contribution in [0.1, 0.15) is 28.9 Å². The van der Waals surface area contributed by atoms with Gasteiger partial charge >= 0.3 is 0 Å². The molecule has 1 aliphatic carbocycles. The van der Waals surface area contributed by atoms with E-state index in [4.69, 9.17) is 5.73 Å². The summed E-state index contributed by atoms with van der Waals surface area (Å²) < 4.78 is 3.66. The molecule has 2 unspecified atom stereocenters. The van der Waals surface area contributed by atoms with Gasteiger partial charge in [-0.05, 0) is 36.8 Å². The first kappa shape index (κ1) is 10.5. The van der Waals surface area contributed by atoms with E-state index in [9.17, 15) is 4.79 Å². The lowest BCUT2D eigenvalue weighted by Crippen LogP contribution is -2.39. The number of aromatic nitrogens is 2. The molecular weight excluding hydrogens is 212 g/mol. The van der Waals surface area contributed by atoms with Crippen LogP contribution in [0.3, 0.4) is 0 Å². The van der Waals surface area contributed by atoms with Crippen molar-refractivity contribution in [3.05, 3.63) is 11.1 Å². The van der Waals surface area contributed by atoms with E-state index >= 15 is 0 Å². The van der Waals surface area contributed by atoms with Crippen molar-refractivity contribution in [2.24, 2.45) is 11.7 Å². The highest BCUT2D eigenvalue weighted by atomic mass is 32.1. The van der Waals surface area contributed by atoms with Crippen LogP contribution in [0.15, 0.2) is 6.20 Å². The lowest BCUT2D eigenvalue weighted by molar-refractivity contribution is 0.0932. The van der Waals surface area contributed by atoms with Crippen LogP contribution in [0.4, 0.5) is 0 Å². The van der Waals surface area contributed by atoms with Gasteiger partial charge < -0.3 is 11.1 Å². The summed E-state index contributed by atoms with van der Waals surface area (Å²) in [6, 6.07) is 0.226. The Balaban J connectivity index is 1.94. The molecule has 1 fully saturated rings. The summed E-state index contributed by atoms with van der Waals surface area (Å²) >= 11 is 1.12. The largest absolute Gasteiger partial charge is 0.348 e. The van der Waals surface area contributed by atoms with Gasteiger partial charge in [0.15, 0.2) is 0 Å². The summed E-state index contributed by atoms with van der Waals surface area (Å²) in [5.74, 6) is 0.352. The molecule has 6 heteroatoms. The van der Waals surface area contributed by atoms with Crippen molar-refractivity contribution in [3.8, 4) is 0 Å². The molecule has 0 saturated heterocycles. The maximum absolute atomic E-state index is 11.7. The molecule has 1 aromatic rings. The first-order valence-corrected chi connectivity index (χ1v) is 5.87. The molecule has 0 aromatic carbocycles. The van der Waals surface area contributed by atoms with Gasteiger partial charge in [0, 0.05) is 6.04 Å². The van der Waals surface area contributed by atoms with Gasteiger partial charge in [-0.3, -0.25) is 4.79 Å². The van der Waals surface area contributed by atoms with Crippen LogP contribution in [0.2, 0.25) is 0 Å². The molecule has 0 bridgehead atoms. The maximum atomic E-state index is 11.7. The monoisotopic (exact) mass is 226 g/mol. The topological polar surface area (TPSA) is 80.9 Å². The maximum Gasteiger partial charge on any atom is 0.264 e. The van der Waals surface area contributed by atoms with E-state index in [1.165, 1.54) is 6.20 Å². The van der Waals surface area contributed by atoms with Crippen LogP contribution in [0.25, 0.3) is 0 Å². The summed E-state index contributed by atoms with van der Waals surface area (Å²) in [7, 11) is 0. The Morgan fingerprint density at radius 2 is 2.53 bits per heavy atom. The first-order valence-electron chi connectivity index (χ1n) is 5.09. The van der Waals surface area contributed by atoms with E-state index in [1.54, 1.807) is 0 Å². The van der Waals surface area contributed by atoms with Crippen molar-refractivity contribution in [2.75, 3.05) is 6.54 Å². The van der Waals surface area contributed by atoms with Gasteiger partial charge in [-0.2, -0.15) is 0 Å². The molecule has 1 aromatic heterocycles. The molecule has 1 saturated carbocycles. The van der Waals surface area contributed by atoms with Gasteiger partial charge in [-0.25, -0.2) is 0 Å². The second-order valence-corrected chi connectivity index (χ2v) is 4.57. The predicted molar refractivity (Wildman–Crippen MR) is 57.6 cm³/mol. The number of nitrogens with two attached hydrogens (primary N) is 1. The predicted octanol–water partition coefficient (Wildman–Crippen LogP) is 0.395. The van der Waals surface area contributed by atoms with Crippen molar-refractivity contribution in [1.82, 2.24) is 14.9 Å². The van der Waals surface area contributed by atoms with E-state index < -0.39 is 0 Å². The fraction of sp³-hybridized carbons (Fsp3) is 0.667. The zero-order valence-corrected chi connectivity index (χ0v) is 9.17. The van der Waals surface area contributed by atoms with Crippen LogP contribution < -0.4 is 11.1 Å². The number of nitrogens with zero attached hydrogens (tertiary/aromatic N) is 2. The number of nitrogens with one attached hydrogen (secondary N) is 1. The number of hydrogen-bond acceptors (Lipinski definition) is 5. The van der Waals surface area contributed by atoms with Gasteiger partial charge in [-0.1, -0.05) is 10.9 Å². The smallest absolute Gasteiger partial charge is 0.264 e. The number of carbonyl (C=O) groups excluding carboxylic acids is 1. The summed E-state index contributed by atoms with van der Waals surface area (Å²) in [5, 5.41) is 6.63. The van der Waals surface area contributed by atoms with Crippen LogP contribution in [-0.2, 0) is 0 Å². The Morgan fingerprint density at radius 1 is 1.67 bits per heavy atom. The second-order valence-electron chi connectivity index (χ2n) is 3.79. The third-order valence-corrected chi connectivity index (χ3v) is 3.53. The third kappa shape index (κ3) is 2.32. The molecule has 15 heavy (non-hydrogen) atoms. The molecule has 1 aliphatic rings. The minimum absolute atomic E-state index is 0.0737. The van der Waals surface area contributed by atoms with Gasteiger partial charge in [0.1, 0.15) is 4.88 Å². The molecule has 0 radical (unpaired) electrons. The molecule has 1 amide bonds. The highest BCUT2D eigenvalue weighted by Crippen LogP contribution is 2.24. The summed E-state index contributed by atoms with van der Waals surface area (Å²) in [6.07, 6.45) is 4.78. The Labute approximate surface area is 92.2 Å². The van der Waals surface area contributed by atoms with Crippen LogP contribution in [0, 0.1) is 5.92 Å². The van der Waals surface area contributed by atoms with Gasteiger partial charge in [0.05, 0.1) is 6.20 Å². The normalized spacial score (nSPS) is 25.4. The molecule has 2 atom stereocenters. The van der Waals surface area contributed by atoms with E-state index in [1.807, 2.05) is 0 Å². The van der Waals surface area contributed by atoms with Crippen LogP contribution in [-0.4, -0.2) is 28.1 Å². The fourth-order valence-electron chi connectivity index (χ4n) is 2.02. The Kier molecular flexibility index (Phi) is 3.27. The summed E-state index contributed by atoms with van der Waals surface area (Å²) in [4.78, 5) is 12.3. The standard InChI is InChI=1S/C9H14N4OS/c10-4-6-2-1-3-7(6)12-9(14)8-5-11-13-15-8/h5-7H,1-4,10H2,(H,12,14). The number of carbonyl (C=O) groups is 1. The highest BCUT2D eigenvalue weighted by Gasteiger charge is 2.27. The quantitative estimate of drug-likeness (QED) is 0.781. The average Bonchev–Trinajstić information content (AvgIpc) is 2.87. The van der Waals surface area contributed by atoms with Crippen molar-refractivity contribution in [1.29, 1.82) is 0 Å². The lowest BCUT2D eigenvalue weighted by Gasteiger charge is -2.18. The SMILES string of the molecule is NCC1CCCC1NC(=O)c1cnns1. The molecule has 0 aliphatic heterocycles. The number of amides is 1. The van der Waals surface area contributed by atoms with Crippen molar-refractivity contribution in [3.63, 3.8) is 0 Å². The van der Waals surface area contributed by atoms with E-state index in [2.05, 4.69) is 14.9 Å². The molecule has 2 rings (SSSR count). The van der Waals surface area contributed by atoms with E-state index in [-0.39, 0.29) is 11.9 Å². The summed E-state index contributed by atoms with van der Waals surface area (Å²) in [6.45, 7) is 0.645. The van der Waals surface area contributed by atoms with Gasteiger partial charge in [-0.15, -0.1) is 5.10 Å². The van der Waals surface area contributed by atoms with Crippen LogP contribution in [0.5, 0.6) is 0 Å². The summed E-state index contributed by atoms with van der Waals surface area (Å²) in [5.41, 5.74) is 5.65. The van der Waals surface area contributed by atoms with Gasteiger partial charge in [0.25, 0.3) is 5.91 Å². The lowest BCUT2D eigenvalue weighted by atomic mass is 10.0. The van der Waals surface area contributed by atoms with E-state index in [0.717, 1.165) is 30.8 Å². The van der Waals surface area contributed by atoms with Crippen molar-refractivity contribution in [2.45, 2.75) is 25.3 Å². The molecule has 82 valence electrons. The minimum atomic E-state index is -0.0737. The van der Waals surface area contributed by atoms with E-state index in [0.29, 0.717) is 17.3 Å². The fourth-order valence-corrected chi connectivity index (χ4v) is 2.43. The molecule has 5 nitrogen and oxygen atoms in total. The highest BCUT2D eigenvalue weighted by molar-refractivity contribution is 7.07. The Bertz CT molecular complexity index is 327. The number of rotatable bonds is 3. The zero-order chi connectivity index (χ0) is 10.7. The van der Waals surface area contributed by atoms with Crippen molar-refractivity contribution < 1.29 is 4.79 Å². The molecular formula is C9H14N4OS. The van der Waals surface area contributed by atoms with Crippen molar-refractivity contribution >= 4 is 17.4 Å². The number of hydrogen-bond donors (Lipinski definition) is 2.